The number of hydrogen-bond acceptors (Lipinski definition) is 7. The Bertz CT molecular complexity index is 1490. The topological polar surface area (TPSA) is 104 Å². The summed E-state index contributed by atoms with van der Waals surface area (Å²) >= 11 is 1.48. The average molecular weight is 636 g/mol. The molecule has 0 spiro atoms. The highest BCUT2D eigenvalue weighted by Gasteiger charge is 2.53. The van der Waals surface area contributed by atoms with Gasteiger partial charge in [0.15, 0.2) is 0 Å². The second-order valence-corrected chi connectivity index (χ2v) is 13.9. The zero-order valence-electron chi connectivity index (χ0n) is 26.5. The van der Waals surface area contributed by atoms with Crippen LogP contribution in [0.15, 0.2) is 60.0 Å². The summed E-state index contributed by atoms with van der Waals surface area (Å²) in [7, 11) is 1.71. The van der Waals surface area contributed by atoms with Gasteiger partial charge < -0.3 is 25.2 Å². The Labute approximate surface area is 268 Å². The number of halogens is 1. The van der Waals surface area contributed by atoms with E-state index in [1.165, 1.54) is 23.5 Å². The number of carbonyl (C=O) groups is 3. The van der Waals surface area contributed by atoms with Crippen LogP contribution in [0.3, 0.4) is 0 Å². The predicted octanol–water partition coefficient (Wildman–Crippen LogP) is 4.87. The molecule has 0 radical (unpaired) electrons. The highest BCUT2D eigenvalue weighted by atomic mass is 32.1. The Morgan fingerprint density at radius 3 is 2.47 bits per heavy atom. The van der Waals surface area contributed by atoms with Gasteiger partial charge in [0.05, 0.1) is 23.8 Å². The number of amides is 3. The monoisotopic (exact) mass is 635 g/mol. The van der Waals surface area contributed by atoms with E-state index in [1.807, 2.05) is 61.4 Å². The number of rotatable bonds is 9. The molecule has 11 heteroatoms. The highest BCUT2D eigenvalue weighted by Crippen LogP contribution is 2.39. The lowest BCUT2D eigenvalue weighted by molar-refractivity contribution is -0.141. The minimum Gasteiger partial charge on any atom is -0.445 e. The first-order chi connectivity index (χ1) is 21.5. The van der Waals surface area contributed by atoms with E-state index in [-0.39, 0.29) is 42.2 Å². The number of aromatic nitrogens is 1. The van der Waals surface area contributed by atoms with E-state index >= 15 is 0 Å². The molecule has 3 aromatic rings. The number of nitrogens with one attached hydrogen (secondary N) is 2. The molecule has 5 unspecified atom stereocenters. The molecule has 45 heavy (non-hydrogen) atoms. The van der Waals surface area contributed by atoms with Gasteiger partial charge in [-0.25, -0.2) is 14.2 Å². The second kappa shape index (κ2) is 13.7. The Balaban J connectivity index is 1.39. The first kappa shape index (κ1) is 32.6. The van der Waals surface area contributed by atoms with E-state index in [2.05, 4.69) is 10.6 Å². The molecular weight excluding hydrogens is 593 g/mol. The predicted molar refractivity (Wildman–Crippen MR) is 172 cm³/mol. The number of fused-ring (bicyclic) bond motifs is 1. The Morgan fingerprint density at radius 1 is 1.09 bits per heavy atom. The fraction of sp³-hybridized carbons (Fsp3) is 0.471. The minimum absolute atomic E-state index is 0.0959. The van der Waals surface area contributed by atoms with Crippen LogP contribution in [-0.2, 0) is 27.4 Å². The number of hydrogen-bond donors (Lipinski definition) is 2. The average Bonchev–Trinajstić information content (AvgIpc) is 3.75. The van der Waals surface area contributed by atoms with E-state index in [0.29, 0.717) is 25.9 Å². The van der Waals surface area contributed by atoms with Gasteiger partial charge >= 0.3 is 6.09 Å². The van der Waals surface area contributed by atoms with Gasteiger partial charge in [-0.2, -0.15) is 0 Å². The molecule has 2 aromatic carbocycles. The van der Waals surface area contributed by atoms with Gasteiger partial charge in [-0.15, -0.1) is 11.3 Å². The van der Waals surface area contributed by atoms with Gasteiger partial charge in [-0.05, 0) is 62.1 Å². The molecule has 3 heterocycles. The third-order valence-corrected chi connectivity index (χ3v) is 9.74. The van der Waals surface area contributed by atoms with Crippen molar-refractivity contribution in [3.05, 3.63) is 77.1 Å². The molecule has 0 bridgehead atoms. The lowest BCUT2D eigenvalue weighted by Crippen LogP contribution is -2.59. The molecule has 0 saturated carbocycles. The van der Waals surface area contributed by atoms with Crippen molar-refractivity contribution in [1.82, 2.24) is 25.4 Å². The van der Waals surface area contributed by atoms with Gasteiger partial charge in [-0.1, -0.05) is 51.1 Å². The summed E-state index contributed by atoms with van der Waals surface area (Å²) in [5.41, 5.74) is 2.04. The fourth-order valence-electron chi connectivity index (χ4n) is 6.27. The summed E-state index contributed by atoms with van der Waals surface area (Å²) in [6, 6.07) is 14.1. The zero-order valence-corrected chi connectivity index (χ0v) is 27.3. The lowest BCUT2D eigenvalue weighted by atomic mass is 9.84. The number of ether oxygens (including phenoxy) is 1. The molecule has 240 valence electrons. The molecule has 2 aliphatic rings. The lowest BCUT2D eigenvalue weighted by Gasteiger charge is -2.37. The van der Waals surface area contributed by atoms with Crippen LogP contribution in [0.2, 0.25) is 0 Å². The van der Waals surface area contributed by atoms with Crippen molar-refractivity contribution >= 4 is 29.2 Å². The Morgan fingerprint density at radius 2 is 1.80 bits per heavy atom. The molecule has 5 rings (SSSR count). The van der Waals surface area contributed by atoms with E-state index in [1.54, 1.807) is 31.0 Å². The van der Waals surface area contributed by atoms with Gasteiger partial charge in [-0.3, -0.25) is 9.59 Å². The van der Waals surface area contributed by atoms with Crippen LogP contribution in [0, 0.1) is 17.2 Å². The minimum atomic E-state index is -0.747. The number of thiazole rings is 1. The molecule has 3 amide bonds. The number of likely N-dealkylation sites (tertiary alicyclic amines) is 2. The summed E-state index contributed by atoms with van der Waals surface area (Å²) in [6.07, 6.45) is 0.761. The van der Waals surface area contributed by atoms with Gasteiger partial charge in [0, 0.05) is 30.0 Å². The number of likely N-dealkylation sites (N-methyl/N-ethyl adjacent to an activating group) is 1. The molecular formula is C34H42FN5O4S. The molecule has 0 aliphatic carbocycles. The number of carbonyl (C=O) groups excluding carboxylic acids is 3. The maximum absolute atomic E-state index is 14.3. The molecule has 2 fully saturated rings. The molecule has 2 N–H and O–H groups in total. The van der Waals surface area contributed by atoms with Crippen LogP contribution in [0.25, 0.3) is 10.6 Å². The summed E-state index contributed by atoms with van der Waals surface area (Å²) in [6.45, 7) is 8.63. The molecule has 2 saturated heterocycles. The van der Waals surface area contributed by atoms with Crippen molar-refractivity contribution in [3.63, 3.8) is 0 Å². The maximum atomic E-state index is 14.3. The molecule has 2 aliphatic heterocycles. The van der Waals surface area contributed by atoms with Crippen LogP contribution in [-0.4, -0.2) is 77.0 Å². The third kappa shape index (κ3) is 7.36. The van der Waals surface area contributed by atoms with Crippen molar-refractivity contribution < 1.29 is 23.5 Å². The Hall–Kier alpha value is -3.83. The maximum Gasteiger partial charge on any atom is 0.410 e. The zero-order chi connectivity index (χ0) is 32.3. The quantitative estimate of drug-likeness (QED) is 0.348. The van der Waals surface area contributed by atoms with Crippen LogP contribution in [0.1, 0.15) is 45.4 Å². The molecule has 5 atom stereocenters. The van der Waals surface area contributed by atoms with Crippen LogP contribution >= 0.6 is 11.3 Å². The number of nitrogens with zero attached hydrogens (tertiary/aromatic N) is 3. The highest BCUT2D eigenvalue weighted by molar-refractivity contribution is 7.13. The van der Waals surface area contributed by atoms with Crippen molar-refractivity contribution in [2.24, 2.45) is 11.3 Å². The van der Waals surface area contributed by atoms with Crippen molar-refractivity contribution in [2.45, 2.75) is 71.3 Å². The van der Waals surface area contributed by atoms with Crippen molar-refractivity contribution in [3.8, 4) is 10.6 Å². The number of benzene rings is 2. The summed E-state index contributed by atoms with van der Waals surface area (Å²) in [4.78, 5) is 49.2. The van der Waals surface area contributed by atoms with Crippen molar-refractivity contribution in [1.29, 1.82) is 0 Å². The first-order valence-corrected chi connectivity index (χ1v) is 16.3. The van der Waals surface area contributed by atoms with Crippen LogP contribution < -0.4 is 10.6 Å². The van der Waals surface area contributed by atoms with E-state index in [9.17, 15) is 18.8 Å². The van der Waals surface area contributed by atoms with Gasteiger partial charge in [0.1, 0.15) is 23.5 Å². The van der Waals surface area contributed by atoms with Gasteiger partial charge in [0.25, 0.3) is 0 Å². The summed E-state index contributed by atoms with van der Waals surface area (Å²) in [5.74, 6) is -0.794. The van der Waals surface area contributed by atoms with E-state index in [0.717, 1.165) is 21.8 Å². The standard InChI is InChI=1S/C34H42FN5O4S/c1-21(36-5)30(41)38-29(34(2,3)4)32(42)39-16-15-27-28(39)24(18-40(27)33(43)44-19-22-9-7-6-8-10-22)17-26-20-45-31(37-26)23-11-13-25(35)14-12-23/h6-14,20-21,24,27-29,36H,15-19H2,1-5H3,(H,38,41). The summed E-state index contributed by atoms with van der Waals surface area (Å²) < 4.78 is 19.3. The molecule has 9 nitrogen and oxygen atoms in total. The SMILES string of the molecule is CNC(C)C(=O)NC(C(=O)N1CCC2C1C(Cc1csc(-c3ccc(F)cc3)n1)CN2C(=O)OCc1ccccc1)C(C)(C)C. The van der Waals surface area contributed by atoms with Crippen LogP contribution in [0.5, 0.6) is 0 Å². The van der Waals surface area contributed by atoms with Gasteiger partial charge in [0.2, 0.25) is 11.8 Å². The smallest absolute Gasteiger partial charge is 0.410 e. The van der Waals surface area contributed by atoms with E-state index in [4.69, 9.17) is 9.72 Å². The van der Waals surface area contributed by atoms with E-state index < -0.39 is 23.6 Å². The van der Waals surface area contributed by atoms with Crippen molar-refractivity contribution in [2.75, 3.05) is 20.1 Å². The third-order valence-electron chi connectivity index (χ3n) is 8.80. The second-order valence-electron chi connectivity index (χ2n) is 13.0. The largest absolute Gasteiger partial charge is 0.445 e. The molecule has 1 aromatic heterocycles. The normalized spacial score (nSPS) is 20.9. The fourth-order valence-corrected chi connectivity index (χ4v) is 7.10. The van der Waals surface area contributed by atoms with Crippen LogP contribution in [0.4, 0.5) is 9.18 Å². The first-order valence-electron chi connectivity index (χ1n) is 15.4. The Kier molecular flexibility index (Phi) is 9.88. The summed E-state index contributed by atoms with van der Waals surface area (Å²) in [5, 5.41) is 8.70.